The van der Waals surface area contributed by atoms with Gasteiger partial charge in [-0.25, -0.2) is 0 Å². The molecule has 0 radical (unpaired) electrons. The van der Waals surface area contributed by atoms with E-state index in [4.69, 9.17) is 4.42 Å². The van der Waals surface area contributed by atoms with Crippen LogP contribution in [0.15, 0.2) is 40.8 Å². The number of nitrogens with zero attached hydrogens (tertiary/aromatic N) is 1. The molecule has 1 saturated heterocycles. The Morgan fingerprint density at radius 2 is 1.72 bits per heavy atom. The minimum Gasteiger partial charge on any atom is -0.459 e. The van der Waals surface area contributed by atoms with Crippen LogP contribution in [0.25, 0.3) is 11.3 Å². The van der Waals surface area contributed by atoms with Crippen molar-refractivity contribution in [2.24, 2.45) is 0 Å². The van der Waals surface area contributed by atoms with Crippen molar-refractivity contribution in [3.05, 3.63) is 42.2 Å². The number of aryl methyl sites for hydroxylation is 1. The van der Waals surface area contributed by atoms with Gasteiger partial charge in [-0.15, -0.1) is 0 Å². The van der Waals surface area contributed by atoms with Gasteiger partial charge in [0.15, 0.2) is 5.76 Å². The summed E-state index contributed by atoms with van der Waals surface area (Å²) in [5.41, 5.74) is 2.43. The summed E-state index contributed by atoms with van der Waals surface area (Å²) in [6, 6.07) is 12.6. The van der Waals surface area contributed by atoms with Crippen molar-refractivity contribution in [3.8, 4) is 11.3 Å². The molecule has 94 valence electrons. The minimum atomic E-state index is 0.995. The van der Waals surface area contributed by atoms with Crippen LogP contribution in [0.3, 0.4) is 0 Å². The molecule has 18 heavy (non-hydrogen) atoms. The Hall–Kier alpha value is -1.70. The van der Waals surface area contributed by atoms with Crippen molar-refractivity contribution < 1.29 is 4.42 Å². The molecular formula is C16H19NO. The minimum absolute atomic E-state index is 0.995. The van der Waals surface area contributed by atoms with E-state index in [1.807, 2.05) is 13.0 Å². The van der Waals surface area contributed by atoms with Gasteiger partial charge in [-0.05, 0) is 26.2 Å². The maximum Gasteiger partial charge on any atom is 0.157 e. The van der Waals surface area contributed by atoms with Gasteiger partial charge in [0.2, 0.25) is 0 Å². The normalized spacial score (nSPS) is 15.9. The molecule has 1 aliphatic heterocycles. The third-order valence-electron chi connectivity index (χ3n) is 3.57. The molecule has 0 bridgehead atoms. The lowest BCUT2D eigenvalue weighted by Crippen LogP contribution is -2.29. The van der Waals surface area contributed by atoms with Gasteiger partial charge < -0.3 is 9.32 Å². The SMILES string of the molecule is Cc1cc(N2CCCCC2)c(-c2ccccc2)o1. The van der Waals surface area contributed by atoms with Gasteiger partial charge in [0.05, 0.1) is 5.69 Å². The molecule has 2 nitrogen and oxygen atoms in total. The Morgan fingerprint density at radius 1 is 1.00 bits per heavy atom. The number of hydrogen-bond acceptors (Lipinski definition) is 2. The quantitative estimate of drug-likeness (QED) is 0.781. The van der Waals surface area contributed by atoms with E-state index in [0.717, 1.165) is 24.6 Å². The predicted molar refractivity (Wildman–Crippen MR) is 74.9 cm³/mol. The fraction of sp³-hybridized carbons (Fsp3) is 0.375. The van der Waals surface area contributed by atoms with Crippen LogP contribution >= 0.6 is 0 Å². The van der Waals surface area contributed by atoms with Crippen LogP contribution in [-0.4, -0.2) is 13.1 Å². The van der Waals surface area contributed by atoms with E-state index in [-0.39, 0.29) is 0 Å². The van der Waals surface area contributed by atoms with Crippen LogP contribution in [0.4, 0.5) is 5.69 Å². The Morgan fingerprint density at radius 3 is 2.44 bits per heavy atom. The molecular weight excluding hydrogens is 222 g/mol. The first-order valence-electron chi connectivity index (χ1n) is 6.75. The second-order valence-electron chi connectivity index (χ2n) is 4.99. The van der Waals surface area contributed by atoms with Crippen molar-refractivity contribution >= 4 is 5.69 Å². The lowest BCUT2D eigenvalue weighted by molar-refractivity contribution is 0.542. The fourth-order valence-corrected chi connectivity index (χ4v) is 2.67. The highest BCUT2D eigenvalue weighted by atomic mass is 16.3. The zero-order valence-corrected chi connectivity index (χ0v) is 10.9. The van der Waals surface area contributed by atoms with Gasteiger partial charge in [0.25, 0.3) is 0 Å². The van der Waals surface area contributed by atoms with Crippen molar-refractivity contribution in [1.29, 1.82) is 0 Å². The van der Waals surface area contributed by atoms with Crippen molar-refractivity contribution in [2.45, 2.75) is 26.2 Å². The zero-order valence-electron chi connectivity index (χ0n) is 10.9. The zero-order chi connectivity index (χ0) is 12.4. The molecule has 0 atom stereocenters. The van der Waals surface area contributed by atoms with Gasteiger partial charge in [-0.3, -0.25) is 0 Å². The molecule has 1 aromatic carbocycles. The summed E-state index contributed by atoms with van der Waals surface area (Å²) in [6.07, 6.45) is 3.94. The Bertz CT molecular complexity index is 509. The summed E-state index contributed by atoms with van der Waals surface area (Å²) < 4.78 is 5.91. The van der Waals surface area contributed by atoms with Gasteiger partial charge in [0.1, 0.15) is 5.76 Å². The highest BCUT2D eigenvalue weighted by molar-refractivity contribution is 5.74. The van der Waals surface area contributed by atoms with E-state index in [1.165, 1.54) is 30.5 Å². The topological polar surface area (TPSA) is 16.4 Å². The molecule has 0 aliphatic carbocycles. The first kappa shape index (κ1) is 11.4. The van der Waals surface area contributed by atoms with E-state index in [9.17, 15) is 0 Å². The highest BCUT2D eigenvalue weighted by Crippen LogP contribution is 2.35. The summed E-state index contributed by atoms with van der Waals surface area (Å²) in [5, 5.41) is 0. The summed E-state index contributed by atoms with van der Waals surface area (Å²) in [6.45, 7) is 4.33. The van der Waals surface area contributed by atoms with E-state index >= 15 is 0 Å². The Kier molecular flexibility index (Phi) is 3.09. The van der Waals surface area contributed by atoms with Crippen molar-refractivity contribution in [3.63, 3.8) is 0 Å². The summed E-state index contributed by atoms with van der Waals surface area (Å²) >= 11 is 0. The number of anilines is 1. The summed E-state index contributed by atoms with van der Waals surface area (Å²) in [4.78, 5) is 2.46. The third kappa shape index (κ3) is 2.15. The lowest BCUT2D eigenvalue weighted by atomic mass is 10.1. The number of hydrogen-bond donors (Lipinski definition) is 0. The van der Waals surface area contributed by atoms with E-state index < -0.39 is 0 Å². The first-order valence-corrected chi connectivity index (χ1v) is 6.75. The van der Waals surface area contributed by atoms with Crippen LogP contribution in [0.1, 0.15) is 25.0 Å². The molecule has 2 heterocycles. The Balaban J connectivity index is 1.99. The monoisotopic (exact) mass is 241 g/mol. The molecule has 1 aliphatic rings. The molecule has 0 spiro atoms. The maximum atomic E-state index is 5.91. The highest BCUT2D eigenvalue weighted by Gasteiger charge is 2.19. The number of furan rings is 1. The van der Waals surface area contributed by atoms with Gasteiger partial charge in [0, 0.05) is 24.7 Å². The standard InChI is InChI=1S/C16H19NO/c1-13-12-15(17-10-6-3-7-11-17)16(18-13)14-8-4-2-5-9-14/h2,4-5,8-9,12H,3,6-7,10-11H2,1H3. The molecule has 2 aromatic rings. The van der Waals surface area contributed by atoms with Crippen molar-refractivity contribution in [2.75, 3.05) is 18.0 Å². The van der Waals surface area contributed by atoms with E-state index in [0.29, 0.717) is 0 Å². The second-order valence-corrected chi connectivity index (χ2v) is 4.99. The summed E-state index contributed by atoms with van der Waals surface area (Å²) in [7, 11) is 0. The van der Waals surface area contributed by atoms with Gasteiger partial charge >= 0.3 is 0 Å². The van der Waals surface area contributed by atoms with Gasteiger partial charge in [-0.1, -0.05) is 30.3 Å². The first-order chi connectivity index (χ1) is 8.84. The van der Waals surface area contributed by atoms with Crippen LogP contribution in [0, 0.1) is 6.92 Å². The average Bonchev–Trinajstić information content (AvgIpc) is 2.83. The number of rotatable bonds is 2. The van der Waals surface area contributed by atoms with Crippen LogP contribution in [-0.2, 0) is 0 Å². The van der Waals surface area contributed by atoms with Crippen LogP contribution in [0.2, 0.25) is 0 Å². The van der Waals surface area contributed by atoms with Crippen LogP contribution in [0.5, 0.6) is 0 Å². The Labute approximate surface area is 108 Å². The lowest BCUT2D eigenvalue weighted by Gasteiger charge is -2.28. The third-order valence-corrected chi connectivity index (χ3v) is 3.57. The molecule has 3 rings (SSSR count). The smallest absolute Gasteiger partial charge is 0.157 e. The van der Waals surface area contributed by atoms with Crippen LogP contribution < -0.4 is 4.90 Å². The van der Waals surface area contributed by atoms with E-state index in [2.05, 4.69) is 35.2 Å². The number of benzene rings is 1. The molecule has 0 N–H and O–H groups in total. The second kappa shape index (κ2) is 4.89. The molecule has 0 saturated carbocycles. The maximum absolute atomic E-state index is 5.91. The molecule has 1 aromatic heterocycles. The average molecular weight is 241 g/mol. The van der Waals surface area contributed by atoms with E-state index in [1.54, 1.807) is 0 Å². The fourth-order valence-electron chi connectivity index (χ4n) is 2.67. The largest absolute Gasteiger partial charge is 0.459 e. The molecule has 1 fully saturated rings. The van der Waals surface area contributed by atoms with Gasteiger partial charge in [-0.2, -0.15) is 0 Å². The summed E-state index contributed by atoms with van der Waals surface area (Å²) in [5.74, 6) is 2.02. The molecule has 2 heteroatoms. The number of piperidine rings is 1. The van der Waals surface area contributed by atoms with Crippen molar-refractivity contribution in [1.82, 2.24) is 0 Å². The predicted octanol–water partition coefficient (Wildman–Crippen LogP) is 4.25. The molecule has 0 unspecified atom stereocenters. The molecule has 0 amide bonds.